The summed E-state index contributed by atoms with van der Waals surface area (Å²) in [4.78, 5) is 0. The quantitative estimate of drug-likeness (QED) is 0.781. The summed E-state index contributed by atoms with van der Waals surface area (Å²) in [7, 11) is 0. The average molecular weight is 292 g/mol. The minimum Gasteiger partial charge on any atom is -0.507 e. The molecule has 1 rings (SSSR count). The molecule has 0 amide bonds. The molecule has 0 saturated carbocycles. The molecular weight excluding hydrogens is 279 g/mol. The first-order valence-electron chi connectivity index (χ1n) is 4.04. The predicted molar refractivity (Wildman–Crippen MR) is 60.8 cm³/mol. The van der Waals surface area contributed by atoms with Gasteiger partial charge in [-0.3, -0.25) is 0 Å². The Balaban J connectivity index is 3.29. The fraction of sp³-hybridized carbons (Fsp3) is 0.400. The van der Waals surface area contributed by atoms with E-state index in [-0.39, 0.29) is 5.75 Å². The van der Waals surface area contributed by atoms with Gasteiger partial charge in [-0.15, -0.1) is 0 Å². The Bertz CT molecular complexity index is 303. The number of aromatic hydroxyl groups is 1. The number of aliphatic hydroxyl groups is 1. The van der Waals surface area contributed by atoms with Gasteiger partial charge in [-0.2, -0.15) is 0 Å². The zero-order valence-corrected chi connectivity index (χ0v) is 10.1. The Morgan fingerprint density at radius 3 is 2.23 bits per heavy atom. The Kier molecular flexibility index (Phi) is 2.87. The summed E-state index contributed by atoms with van der Waals surface area (Å²) in [6.45, 7) is 5.32. The van der Waals surface area contributed by atoms with E-state index in [9.17, 15) is 10.2 Å². The second kappa shape index (κ2) is 3.46. The van der Waals surface area contributed by atoms with Crippen LogP contribution in [-0.2, 0) is 5.60 Å². The molecular formula is C10H13IO2. The molecule has 0 saturated heterocycles. The molecule has 72 valence electrons. The number of hydrogen-bond donors (Lipinski definition) is 2. The molecule has 0 aliphatic rings. The second-order valence-electron chi connectivity index (χ2n) is 3.69. The number of aryl methyl sites for hydroxylation is 1. The van der Waals surface area contributed by atoms with E-state index in [0.29, 0.717) is 0 Å². The highest BCUT2D eigenvalue weighted by Gasteiger charge is 2.18. The fourth-order valence-corrected chi connectivity index (χ4v) is 1.42. The zero-order valence-electron chi connectivity index (χ0n) is 7.93. The molecule has 2 N–H and O–H groups in total. The maximum atomic E-state index is 9.72. The molecule has 0 unspecified atom stereocenters. The van der Waals surface area contributed by atoms with Gasteiger partial charge in [0.15, 0.2) is 0 Å². The van der Waals surface area contributed by atoms with Crippen molar-refractivity contribution in [1.82, 2.24) is 0 Å². The highest BCUT2D eigenvalue weighted by Crippen LogP contribution is 2.29. The van der Waals surface area contributed by atoms with Crippen molar-refractivity contribution >= 4 is 22.6 Å². The molecule has 1 aromatic carbocycles. The lowest BCUT2D eigenvalue weighted by Crippen LogP contribution is -2.15. The van der Waals surface area contributed by atoms with Crippen LogP contribution in [0, 0.1) is 10.5 Å². The summed E-state index contributed by atoms with van der Waals surface area (Å²) in [5.74, 6) is 0.234. The van der Waals surface area contributed by atoms with Crippen molar-refractivity contribution in [2.24, 2.45) is 0 Å². The van der Waals surface area contributed by atoms with Crippen LogP contribution in [0.15, 0.2) is 12.1 Å². The molecule has 0 fully saturated rings. The zero-order chi connectivity index (χ0) is 10.2. The van der Waals surface area contributed by atoms with Gasteiger partial charge in [0.2, 0.25) is 0 Å². The third-order valence-electron chi connectivity index (χ3n) is 1.94. The first kappa shape index (κ1) is 10.8. The molecule has 2 nitrogen and oxygen atoms in total. The van der Waals surface area contributed by atoms with E-state index in [4.69, 9.17) is 0 Å². The normalized spacial score (nSPS) is 11.8. The van der Waals surface area contributed by atoms with E-state index < -0.39 is 5.60 Å². The Labute approximate surface area is 91.7 Å². The highest BCUT2D eigenvalue weighted by molar-refractivity contribution is 14.1. The molecule has 0 spiro atoms. The molecule has 0 aliphatic heterocycles. The maximum Gasteiger partial charge on any atom is 0.129 e. The van der Waals surface area contributed by atoms with Gasteiger partial charge in [0.05, 0.1) is 9.17 Å². The number of phenols is 1. The first-order valence-corrected chi connectivity index (χ1v) is 5.12. The molecule has 13 heavy (non-hydrogen) atoms. The van der Waals surface area contributed by atoms with Crippen LogP contribution in [0.1, 0.15) is 25.0 Å². The molecule has 1 aromatic rings. The smallest absolute Gasteiger partial charge is 0.129 e. The summed E-state index contributed by atoms with van der Waals surface area (Å²) in [5, 5.41) is 19.2. The largest absolute Gasteiger partial charge is 0.507 e. The van der Waals surface area contributed by atoms with Crippen molar-refractivity contribution in [3.8, 4) is 5.75 Å². The van der Waals surface area contributed by atoms with Crippen LogP contribution in [0.3, 0.4) is 0 Å². The Morgan fingerprint density at radius 1 is 1.31 bits per heavy atom. The lowest BCUT2D eigenvalue weighted by molar-refractivity contribution is 0.0782. The molecule has 0 aromatic heterocycles. The number of phenolic OH excluding ortho intramolecular Hbond substituents is 1. The molecule has 0 bridgehead atoms. The van der Waals surface area contributed by atoms with Crippen molar-refractivity contribution in [3.63, 3.8) is 0 Å². The van der Waals surface area contributed by atoms with E-state index in [1.54, 1.807) is 19.9 Å². The van der Waals surface area contributed by atoms with E-state index in [1.807, 2.05) is 13.0 Å². The average Bonchev–Trinajstić information content (AvgIpc) is 1.97. The van der Waals surface area contributed by atoms with Crippen LogP contribution in [-0.4, -0.2) is 10.2 Å². The van der Waals surface area contributed by atoms with Crippen molar-refractivity contribution in [2.75, 3.05) is 0 Å². The van der Waals surface area contributed by atoms with E-state index in [2.05, 4.69) is 22.6 Å². The van der Waals surface area contributed by atoms with Crippen LogP contribution in [0.4, 0.5) is 0 Å². The van der Waals surface area contributed by atoms with Crippen molar-refractivity contribution in [3.05, 3.63) is 26.8 Å². The SMILES string of the molecule is Cc1cc(C(C)(C)O)cc(O)c1I. The molecule has 3 heteroatoms. The Hall–Kier alpha value is -0.290. The van der Waals surface area contributed by atoms with E-state index >= 15 is 0 Å². The lowest BCUT2D eigenvalue weighted by Gasteiger charge is -2.19. The number of benzene rings is 1. The van der Waals surface area contributed by atoms with Crippen molar-refractivity contribution in [1.29, 1.82) is 0 Å². The van der Waals surface area contributed by atoms with Gasteiger partial charge in [-0.05, 0) is 60.6 Å². The summed E-state index contributed by atoms with van der Waals surface area (Å²) in [5.41, 5.74) is 0.827. The highest BCUT2D eigenvalue weighted by atomic mass is 127. The topological polar surface area (TPSA) is 40.5 Å². The summed E-state index contributed by atoms with van der Waals surface area (Å²) >= 11 is 2.08. The third-order valence-corrected chi connectivity index (χ3v) is 3.35. The van der Waals surface area contributed by atoms with Crippen LogP contribution in [0.25, 0.3) is 0 Å². The van der Waals surface area contributed by atoms with Gasteiger partial charge in [-0.25, -0.2) is 0 Å². The van der Waals surface area contributed by atoms with Gasteiger partial charge >= 0.3 is 0 Å². The lowest BCUT2D eigenvalue weighted by atomic mass is 9.96. The minimum absolute atomic E-state index is 0.234. The van der Waals surface area contributed by atoms with Crippen molar-refractivity contribution < 1.29 is 10.2 Å². The first-order chi connectivity index (χ1) is 5.82. The summed E-state index contributed by atoms with van der Waals surface area (Å²) in [6.07, 6.45) is 0. The van der Waals surface area contributed by atoms with E-state index in [0.717, 1.165) is 14.7 Å². The molecule has 0 heterocycles. The van der Waals surface area contributed by atoms with Gasteiger partial charge < -0.3 is 10.2 Å². The maximum absolute atomic E-state index is 9.72. The monoisotopic (exact) mass is 292 g/mol. The van der Waals surface area contributed by atoms with Gasteiger partial charge in [0.1, 0.15) is 5.75 Å². The standard InChI is InChI=1S/C10H13IO2/c1-6-4-7(10(2,3)13)5-8(12)9(6)11/h4-5,12-13H,1-3H3. The van der Waals surface area contributed by atoms with Crippen LogP contribution >= 0.6 is 22.6 Å². The minimum atomic E-state index is -0.896. The van der Waals surface area contributed by atoms with Gasteiger partial charge in [0.25, 0.3) is 0 Å². The summed E-state index contributed by atoms with van der Waals surface area (Å²) < 4.78 is 0.839. The molecule has 0 radical (unpaired) electrons. The number of rotatable bonds is 1. The van der Waals surface area contributed by atoms with Crippen molar-refractivity contribution in [2.45, 2.75) is 26.4 Å². The third kappa shape index (κ3) is 2.34. The summed E-state index contributed by atoms with van der Waals surface area (Å²) in [6, 6.07) is 3.50. The number of hydrogen-bond acceptors (Lipinski definition) is 2. The van der Waals surface area contributed by atoms with E-state index in [1.165, 1.54) is 0 Å². The fourth-order valence-electron chi connectivity index (χ4n) is 1.10. The van der Waals surface area contributed by atoms with Crippen LogP contribution < -0.4 is 0 Å². The number of halogens is 1. The Morgan fingerprint density at radius 2 is 1.85 bits per heavy atom. The second-order valence-corrected chi connectivity index (χ2v) is 4.76. The predicted octanol–water partition coefficient (Wildman–Crippen LogP) is 2.53. The van der Waals surface area contributed by atoms with Crippen LogP contribution in [0.2, 0.25) is 0 Å². The molecule has 0 aliphatic carbocycles. The van der Waals surface area contributed by atoms with Gasteiger partial charge in [-0.1, -0.05) is 6.07 Å². The van der Waals surface area contributed by atoms with Crippen LogP contribution in [0.5, 0.6) is 5.75 Å². The van der Waals surface area contributed by atoms with Gasteiger partial charge in [0, 0.05) is 0 Å². The molecule has 0 atom stereocenters.